The minimum atomic E-state index is -1.99. The molecule has 3 heterocycles. The van der Waals surface area contributed by atoms with E-state index in [1.54, 1.807) is 6.08 Å². The summed E-state index contributed by atoms with van der Waals surface area (Å²) in [7, 11) is 0. The van der Waals surface area contributed by atoms with E-state index in [2.05, 4.69) is 104 Å². The Morgan fingerprint density at radius 3 is 1.09 bits per heavy atom. The molecule has 3 saturated heterocycles. The van der Waals surface area contributed by atoms with Crippen molar-refractivity contribution in [2.24, 2.45) is 0 Å². The highest BCUT2D eigenvalue weighted by Gasteiger charge is 2.53. The first-order valence-electron chi connectivity index (χ1n) is 39.0. The molecule has 19 nitrogen and oxygen atoms in total. The summed E-state index contributed by atoms with van der Waals surface area (Å²) in [6.07, 6.45) is 53.9. The molecule has 3 aliphatic heterocycles. The molecule has 0 radical (unpaired) electrons. The Kier molecular flexibility index (Phi) is 54.5. The lowest BCUT2D eigenvalue weighted by Gasteiger charge is -2.48. The Morgan fingerprint density at radius 2 is 0.697 bits per heavy atom. The van der Waals surface area contributed by atoms with Crippen LogP contribution in [0.15, 0.2) is 97.2 Å². The third-order valence-electron chi connectivity index (χ3n) is 18.9. The van der Waals surface area contributed by atoms with Gasteiger partial charge < -0.3 is 89.9 Å². The van der Waals surface area contributed by atoms with Crippen LogP contribution in [0.4, 0.5) is 0 Å². The van der Waals surface area contributed by atoms with Crippen LogP contribution in [0.25, 0.3) is 0 Å². The van der Waals surface area contributed by atoms with Gasteiger partial charge in [-0.15, -0.1) is 0 Å². The summed E-state index contributed by atoms with van der Waals surface area (Å²) < 4.78 is 34.4. The number of amides is 1. The summed E-state index contributed by atoms with van der Waals surface area (Å²) in [6, 6.07) is -1.00. The Morgan fingerprint density at radius 1 is 0.374 bits per heavy atom. The smallest absolute Gasteiger partial charge is 0.220 e. The summed E-state index contributed by atoms with van der Waals surface area (Å²) in [4.78, 5) is 13.4. The van der Waals surface area contributed by atoms with Crippen molar-refractivity contribution in [3.05, 3.63) is 97.2 Å². The Hall–Kier alpha value is -3.29. The second-order valence-corrected chi connectivity index (χ2v) is 27.4. The van der Waals surface area contributed by atoms with Crippen LogP contribution in [0.1, 0.15) is 271 Å². The molecule has 3 aliphatic rings. The first-order valence-corrected chi connectivity index (χ1v) is 39.0. The van der Waals surface area contributed by atoms with E-state index in [1.165, 1.54) is 154 Å². The van der Waals surface area contributed by atoms with Crippen LogP contribution >= 0.6 is 0 Å². The minimum absolute atomic E-state index is 0.198. The van der Waals surface area contributed by atoms with E-state index >= 15 is 0 Å². The topological polar surface area (TPSA) is 307 Å². The Bertz CT molecular complexity index is 2170. The molecule has 0 saturated carbocycles. The number of carbonyl (C=O) groups excluding carboxylic acids is 1. The number of aliphatic hydroxyl groups is 11. The lowest BCUT2D eigenvalue weighted by atomic mass is 9.96. The van der Waals surface area contributed by atoms with Crippen molar-refractivity contribution >= 4 is 5.91 Å². The number of allylic oxidation sites excluding steroid dienone is 15. The molecule has 0 aromatic carbocycles. The predicted octanol–water partition coefficient (Wildman–Crippen LogP) is 12.4. The first kappa shape index (κ1) is 89.9. The van der Waals surface area contributed by atoms with E-state index in [1.807, 2.05) is 6.08 Å². The van der Waals surface area contributed by atoms with Gasteiger partial charge in [-0.05, 0) is 77.0 Å². The van der Waals surface area contributed by atoms with E-state index in [4.69, 9.17) is 28.4 Å². The summed E-state index contributed by atoms with van der Waals surface area (Å²) >= 11 is 0. The van der Waals surface area contributed by atoms with Crippen molar-refractivity contribution in [1.82, 2.24) is 5.32 Å². The molecule has 99 heavy (non-hydrogen) atoms. The quantitative estimate of drug-likeness (QED) is 0.0199. The zero-order chi connectivity index (χ0) is 71.8. The standard InChI is InChI=1S/C80H139NO18/c1-3-5-7-9-11-13-15-17-19-21-23-25-27-29-30-31-32-34-35-37-39-41-43-45-47-49-51-53-55-57-64(85)63(81-68(86)58-56-54-52-50-48-46-44-42-40-38-36-33-28-26-24-22-20-18-16-14-12-10-8-6-4-2)62-94-78-74(92)71(89)76(66(60-83)96-78)99-80-75(93)72(90)77(67(61-84)97-80)98-79-73(91)70(88)69(87)65(59-82)95-79/h6,8,12,14,18,20,24,26,33,36,40,42,46,48,55,57,63-67,69-80,82-85,87-93H,3-5,7,9-11,13,15-17,19,21-23,25,27-32,34-35,37-39,41,43-45,47,49-54,56,58-62H2,1-2H3,(H,81,86)/b8-6-,14-12-,20-18-,26-24-,36-33-,42-40-,48-46-,57-55+. The van der Waals surface area contributed by atoms with Gasteiger partial charge in [0.25, 0.3) is 0 Å². The number of unbranched alkanes of at least 4 members (excludes halogenated alkanes) is 30. The summed E-state index contributed by atoms with van der Waals surface area (Å²) in [6.45, 7) is 1.61. The van der Waals surface area contributed by atoms with Crippen LogP contribution in [0, 0.1) is 0 Å². The van der Waals surface area contributed by atoms with Crippen LogP contribution in [0.5, 0.6) is 0 Å². The number of ether oxygens (including phenoxy) is 6. The van der Waals surface area contributed by atoms with Crippen LogP contribution in [-0.4, -0.2) is 193 Å². The largest absolute Gasteiger partial charge is 0.394 e. The van der Waals surface area contributed by atoms with Crippen LogP contribution in [-0.2, 0) is 33.2 Å². The highest BCUT2D eigenvalue weighted by Crippen LogP contribution is 2.33. The van der Waals surface area contributed by atoms with Gasteiger partial charge in [0.05, 0.1) is 38.6 Å². The van der Waals surface area contributed by atoms with Gasteiger partial charge in [-0.3, -0.25) is 4.79 Å². The fourth-order valence-electron chi connectivity index (χ4n) is 12.6. The Labute approximate surface area is 596 Å². The van der Waals surface area contributed by atoms with Crippen molar-refractivity contribution in [2.45, 2.75) is 375 Å². The number of aliphatic hydroxyl groups excluding tert-OH is 11. The lowest BCUT2D eigenvalue weighted by Crippen LogP contribution is -2.66. The predicted molar refractivity (Wildman–Crippen MR) is 392 cm³/mol. The van der Waals surface area contributed by atoms with Crippen molar-refractivity contribution in [3.8, 4) is 0 Å². The van der Waals surface area contributed by atoms with Gasteiger partial charge in [-0.25, -0.2) is 0 Å². The Balaban J connectivity index is 1.41. The third-order valence-corrected chi connectivity index (χ3v) is 18.9. The number of hydrogen-bond donors (Lipinski definition) is 12. The average molecular weight is 1400 g/mol. The van der Waals surface area contributed by atoms with Gasteiger partial charge in [-0.1, -0.05) is 284 Å². The van der Waals surface area contributed by atoms with Gasteiger partial charge in [0.1, 0.15) is 73.2 Å². The maximum atomic E-state index is 13.4. The summed E-state index contributed by atoms with van der Waals surface area (Å²) in [5, 5.41) is 121. The molecule has 0 aromatic rings. The molecule has 17 unspecified atom stereocenters. The highest BCUT2D eigenvalue weighted by atomic mass is 16.8. The van der Waals surface area contributed by atoms with E-state index in [0.717, 1.165) is 89.9 Å². The van der Waals surface area contributed by atoms with Crippen LogP contribution in [0.3, 0.4) is 0 Å². The number of rotatable bonds is 60. The monoisotopic (exact) mass is 1400 g/mol. The van der Waals surface area contributed by atoms with E-state index < -0.39 is 124 Å². The summed E-state index contributed by atoms with van der Waals surface area (Å²) in [5.41, 5.74) is 0. The van der Waals surface area contributed by atoms with Gasteiger partial charge >= 0.3 is 0 Å². The van der Waals surface area contributed by atoms with Crippen molar-refractivity contribution < 1.29 is 89.4 Å². The zero-order valence-electron chi connectivity index (χ0n) is 60.9. The number of carbonyl (C=O) groups is 1. The second-order valence-electron chi connectivity index (χ2n) is 27.4. The first-order chi connectivity index (χ1) is 48.3. The third kappa shape index (κ3) is 40.5. The van der Waals surface area contributed by atoms with Gasteiger partial charge in [0.15, 0.2) is 18.9 Å². The molecule has 0 spiro atoms. The van der Waals surface area contributed by atoms with Gasteiger partial charge in [0.2, 0.25) is 5.91 Å². The molecule has 0 bridgehead atoms. The molecule has 3 rings (SSSR count). The average Bonchev–Trinajstić information content (AvgIpc) is 0.755. The van der Waals surface area contributed by atoms with Gasteiger partial charge in [0, 0.05) is 6.42 Å². The SMILES string of the molecule is CC/C=C\C/C=C\C/C=C\C/C=C\C/C=C\C/C=C\C/C=C\CCCCCC(=O)NC(COC1OC(CO)C(OC2OC(CO)C(OC3OC(CO)C(O)C(O)C3O)C(O)C2O)C(O)C1O)C(O)/C=C/CCCCCCCCCCCCCCCCCCCCCCCCCCCCC. The minimum Gasteiger partial charge on any atom is -0.394 e. The van der Waals surface area contributed by atoms with Crippen LogP contribution < -0.4 is 5.32 Å². The molecule has 17 atom stereocenters. The van der Waals surface area contributed by atoms with Crippen LogP contribution in [0.2, 0.25) is 0 Å². The molecule has 0 aliphatic carbocycles. The molecular weight excluding hydrogens is 1260 g/mol. The number of hydrogen-bond acceptors (Lipinski definition) is 18. The second kappa shape index (κ2) is 60.0. The van der Waals surface area contributed by atoms with Crippen molar-refractivity contribution in [1.29, 1.82) is 0 Å². The van der Waals surface area contributed by atoms with E-state index in [9.17, 15) is 61.0 Å². The zero-order valence-corrected chi connectivity index (χ0v) is 60.9. The lowest BCUT2D eigenvalue weighted by molar-refractivity contribution is -0.379. The van der Waals surface area contributed by atoms with Crippen molar-refractivity contribution in [2.75, 3.05) is 26.4 Å². The molecular formula is C80H139NO18. The number of nitrogens with one attached hydrogen (secondary N) is 1. The molecule has 12 N–H and O–H groups in total. The fourth-order valence-corrected chi connectivity index (χ4v) is 12.6. The van der Waals surface area contributed by atoms with Crippen molar-refractivity contribution in [3.63, 3.8) is 0 Å². The molecule has 19 heteroatoms. The summed E-state index contributed by atoms with van der Waals surface area (Å²) in [5.74, 6) is -0.308. The maximum Gasteiger partial charge on any atom is 0.220 e. The molecule has 1 amide bonds. The van der Waals surface area contributed by atoms with Gasteiger partial charge in [-0.2, -0.15) is 0 Å². The van der Waals surface area contributed by atoms with E-state index in [-0.39, 0.29) is 18.9 Å². The van der Waals surface area contributed by atoms with E-state index in [0.29, 0.717) is 6.42 Å². The maximum absolute atomic E-state index is 13.4. The molecule has 572 valence electrons. The molecule has 3 fully saturated rings. The highest BCUT2D eigenvalue weighted by molar-refractivity contribution is 5.76. The normalized spacial score (nSPS) is 27.1. The fraction of sp³-hybridized carbons (Fsp3) is 0.787. The molecule has 0 aromatic heterocycles.